The Morgan fingerprint density at radius 1 is 1.06 bits per heavy atom. The summed E-state index contributed by atoms with van der Waals surface area (Å²) in [5, 5.41) is 5.85. The lowest BCUT2D eigenvalue weighted by Gasteiger charge is -2.34. The summed E-state index contributed by atoms with van der Waals surface area (Å²) in [7, 11) is 0. The highest BCUT2D eigenvalue weighted by molar-refractivity contribution is 5.97. The Morgan fingerprint density at radius 2 is 1.70 bits per heavy atom. The van der Waals surface area contributed by atoms with Gasteiger partial charge in [0.2, 0.25) is 5.91 Å². The lowest BCUT2D eigenvalue weighted by molar-refractivity contribution is -0.137. The van der Waals surface area contributed by atoms with Crippen molar-refractivity contribution in [3.63, 3.8) is 0 Å². The summed E-state index contributed by atoms with van der Waals surface area (Å²) >= 11 is 0. The van der Waals surface area contributed by atoms with E-state index in [9.17, 15) is 22.8 Å². The fraction of sp³-hybridized carbons (Fsp3) is 0.458. The predicted octanol–water partition coefficient (Wildman–Crippen LogP) is 3.95. The van der Waals surface area contributed by atoms with Gasteiger partial charge < -0.3 is 15.5 Å². The van der Waals surface area contributed by atoms with E-state index in [0.717, 1.165) is 17.8 Å². The van der Waals surface area contributed by atoms with Crippen LogP contribution in [0.3, 0.4) is 0 Å². The van der Waals surface area contributed by atoms with Crippen LogP contribution in [0.4, 0.5) is 19.0 Å². The van der Waals surface area contributed by atoms with Crippen LogP contribution < -0.4 is 15.5 Å². The van der Waals surface area contributed by atoms with Crippen molar-refractivity contribution < 1.29 is 22.8 Å². The Morgan fingerprint density at radius 3 is 2.21 bits per heavy atom. The summed E-state index contributed by atoms with van der Waals surface area (Å²) in [5.74, 6) is -0.155. The highest BCUT2D eigenvalue weighted by Gasteiger charge is 2.32. The van der Waals surface area contributed by atoms with Crippen molar-refractivity contribution in [2.24, 2.45) is 5.92 Å². The molecule has 0 aliphatic carbocycles. The average molecular weight is 463 g/mol. The quantitative estimate of drug-likeness (QED) is 0.682. The Bertz CT molecular complexity index is 951. The van der Waals surface area contributed by atoms with Crippen molar-refractivity contribution in [1.29, 1.82) is 0 Å². The van der Waals surface area contributed by atoms with Crippen LogP contribution in [0.25, 0.3) is 0 Å². The third kappa shape index (κ3) is 6.46. The van der Waals surface area contributed by atoms with Gasteiger partial charge in [0.1, 0.15) is 11.9 Å². The largest absolute Gasteiger partial charge is 0.417 e. The number of rotatable bonds is 6. The summed E-state index contributed by atoms with van der Waals surface area (Å²) in [6, 6.07) is 8.79. The number of halogens is 3. The van der Waals surface area contributed by atoms with E-state index < -0.39 is 17.8 Å². The maximum atomic E-state index is 12.9. The van der Waals surface area contributed by atoms with Gasteiger partial charge in [-0.3, -0.25) is 9.59 Å². The van der Waals surface area contributed by atoms with Gasteiger partial charge >= 0.3 is 6.18 Å². The number of hydrogen-bond acceptors (Lipinski definition) is 4. The van der Waals surface area contributed by atoms with Gasteiger partial charge in [-0.2, -0.15) is 13.2 Å². The molecular formula is C24H29F3N4O2. The van der Waals surface area contributed by atoms with E-state index in [0.29, 0.717) is 37.3 Å². The fourth-order valence-electron chi connectivity index (χ4n) is 3.75. The molecule has 2 heterocycles. The van der Waals surface area contributed by atoms with Crippen molar-refractivity contribution >= 4 is 17.6 Å². The maximum absolute atomic E-state index is 12.9. The number of nitrogens with one attached hydrogen (secondary N) is 2. The zero-order chi connectivity index (χ0) is 24.2. The lowest BCUT2D eigenvalue weighted by atomic mass is 10.00. The van der Waals surface area contributed by atoms with Crippen molar-refractivity contribution in [2.75, 3.05) is 18.0 Å². The fourth-order valence-corrected chi connectivity index (χ4v) is 3.75. The molecule has 1 aliphatic rings. The molecule has 1 saturated heterocycles. The van der Waals surface area contributed by atoms with E-state index in [-0.39, 0.29) is 23.8 Å². The van der Waals surface area contributed by atoms with Crippen molar-refractivity contribution in [3.8, 4) is 0 Å². The van der Waals surface area contributed by atoms with Gasteiger partial charge in [-0.15, -0.1) is 0 Å². The molecule has 1 atom stereocenters. The molecule has 6 nitrogen and oxygen atoms in total. The first kappa shape index (κ1) is 24.5. The number of aromatic nitrogens is 1. The van der Waals surface area contributed by atoms with Crippen LogP contribution in [0.1, 0.15) is 48.2 Å². The standard InChI is InChI=1S/C24H29F3N4O2/c1-15(2)21(30-22(32)17-6-4-16(3)5-7-17)23(33)29-19-10-12-31(13-11-19)20-9-8-18(14-28-20)24(25,26)27/h4-9,14-15,19,21H,10-13H2,1-3H3,(H,29,33)(H,30,32). The molecule has 3 rings (SSSR count). The number of anilines is 1. The summed E-state index contributed by atoms with van der Waals surface area (Å²) < 4.78 is 38.2. The zero-order valence-electron chi connectivity index (χ0n) is 18.9. The molecule has 9 heteroatoms. The van der Waals surface area contributed by atoms with Gasteiger partial charge in [-0.1, -0.05) is 31.5 Å². The molecule has 1 unspecified atom stereocenters. The average Bonchev–Trinajstić information content (AvgIpc) is 2.77. The number of amides is 2. The zero-order valence-corrected chi connectivity index (χ0v) is 18.9. The van der Waals surface area contributed by atoms with Gasteiger partial charge in [0.25, 0.3) is 5.91 Å². The minimum Gasteiger partial charge on any atom is -0.356 e. The second kappa shape index (κ2) is 10.2. The molecule has 33 heavy (non-hydrogen) atoms. The number of carbonyl (C=O) groups excluding carboxylic acids is 2. The first-order chi connectivity index (χ1) is 15.5. The number of hydrogen-bond donors (Lipinski definition) is 2. The molecule has 2 N–H and O–H groups in total. The molecule has 0 bridgehead atoms. The molecule has 1 aromatic carbocycles. The van der Waals surface area contributed by atoms with Crippen LogP contribution >= 0.6 is 0 Å². The first-order valence-corrected chi connectivity index (χ1v) is 11.0. The number of piperidine rings is 1. The maximum Gasteiger partial charge on any atom is 0.417 e. The van der Waals surface area contributed by atoms with Crippen molar-refractivity contribution in [2.45, 2.75) is 51.9 Å². The van der Waals surface area contributed by atoms with E-state index >= 15 is 0 Å². The summed E-state index contributed by atoms with van der Waals surface area (Å²) in [6.07, 6.45) is -2.31. The van der Waals surface area contributed by atoms with Crippen LogP contribution in [0.5, 0.6) is 0 Å². The highest BCUT2D eigenvalue weighted by atomic mass is 19.4. The minimum absolute atomic E-state index is 0.0827. The van der Waals surface area contributed by atoms with Gasteiger partial charge in [0.15, 0.2) is 0 Å². The molecule has 1 aliphatic heterocycles. The Balaban J connectivity index is 1.54. The van der Waals surface area contributed by atoms with E-state index in [2.05, 4.69) is 15.6 Å². The summed E-state index contributed by atoms with van der Waals surface area (Å²) in [5.41, 5.74) is 0.764. The Hall–Kier alpha value is -3.10. The van der Waals surface area contributed by atoms with Crippen molar-refractivity contribution in [1.82, 2.24) is 15.6 Å². The molecule has 0 radical (unpaired) electrons. The van der Waals surface area contributed by atoms with E-state index in [4.69, 9.17) is 0 Å². The molecule has 178 valence electrons. The van der Waals surface area contributed by atoms with Crippen LogP contribution in [-0.2, 0) is 11.0 Å². The monoisotopic (exact) mass is 462 g/mol. The molecule has 0 saturated carbocycles. The molecule has 2 amide bonds. The lowest BCUT2D eigenvalue weighted by Crippen LogP contribution is -2.54. The number of pyridine rings is 1. The molecule has 1 aromatic heterocycles. The van der Waals surface area contributed by atoms with E-state index in [1.54, 1.807) is 12.1 Å². The molecule has 0 spiro atoms. The number of alkyl halides is 3. The first-order valence-electron chi connectivity index (χ1n) is 11.0. The summed E-state index contributed by atoms with van der Waals surface area (Å²) in [4.78, 5) is 31.3. The third-order valence-corrected chi connectivity index (χ3v) is 5.79. The number of carbonyl (C=O) groups is 2. The smallest absolute Gasteiger partial charge is 0.356 e. The van der Waals surface area contributed by atoms with Gasteiger partial charge in [0, 0.05) is 30.9 Å². The number of nitrogens with zero attached hydrogens (tertiary/aromatic N) is 2. The second-order valence-corrected chi connectivity index (χ2v) is 8.73. The summed E-state index contributed by atoms with van der Waals surface area (Å²) in [6.45, 7) is 6.80. The Labute approximate surface area is 191 Å². The molecule has 2 aromatic rings. The van der Waals surface area contributed by atoms with E-state index in [1.807, 2.05) is 37.8 Å². The predicted molar refractivity (Wildman–Crippen MR) is 120 cm³/mol. The van der Waals surface area contributed by atoms with Gasteiger partial charge in [-0.05, 0) is 49.9 Å². The number of benzene rings is 1. The van der Waals surface area contributed by atoms with Crippen molar-refractivity contribution in [3.05, 3.63) is 59.3 Å². The van der Waals surface area contributed by atoms with E-state index in [1.165, 1.54) is 6.07 Å². The normalized spacial score (nSPS) is 15.9. The Kier molecular flexibility index (Phi) is 7.61. The molecular weight excluding hydrogens is 433 g/mol. The second-order valence-electron chi connectivity index (χ2n) is 8.73. The number of aryl methyl sites for hydroxylation is 1. The van der Waals surface area contributed by atoms with Crippen LogP contribution in [0.2, 0.25) is 0 Å². The van der Waals surface area contributed by atoms with Crippen LogP contribution in [0, 0.1) is 12.8 Å². The minimum atomic E-state index is -4.41. The third-order valence-electron chi connectivity index (χ3n) is 5.79. The SMILES string of the molecule is Cc1ccc(C(=O)NC(C(=O)NC2CCN(c3ccc(C(F)(F)F)cn3)CC2)C(C)C)cc1. The van der Waals surface area contributed by atoms with Gasteiger partial charge in [0.05, 0.1) is 5.56 Å². The van der Waals surface area contributed by atoms with Crippen LogP contribution in [0.15, 0.2) is 42.6 Å². The molecule has 1 fully saturated rings. The van der Waals surface area contributed by atoms with Gasteiger partial charge in [-0.25, -0.2) is 4.98 Å². The van der Waals surface area contributed by atoms with Crippen LogP contribution in [-0.4, -0.2) is 42.0 Å². The topological polar surface area (TPSA) is 74.3 Å². The highest BCUT2D eigenvalue weighted by Crippen LogP contribution is 2.29.